The molecule has 1 aromatic carbocycles. The molecule has 0 fully saturated rings. The summed E-state index contributed by atoms with van der Waals surface area (Å²) in [6.45, 7) is 3.55. The molecular weight excluding hydrogens is 284 g/mol. The second-order valence-corrected chi connectivity index (χ2v) is 4.92. The summed E-state index contributed by atoms with van der Waals surface area (Å²) in [6.07, 6.45) is 0.664. The topological polar surface area (TPSA) is 83.6 Å². The standard InChI is InChI=1S/C16H18N2O4/c1-3-9-18(10-13(19)20)16(21)14-11(2)17-15(22-14)12-7-5-4-6-8-12/h4-8H,3,9-10H2,1-2H3,(H,19,20). The maximum absolute atomic E-state index is 12.5. The van der Waals surface area contributed by atoms with E-state index in [1.54, 1.807) is 6.92 Å². The molecular formula is C16H18N2O4. The van der Waals surface area contributed by atoms with Crippen molar-refractivity contribution in [2.45, 2.75) is 20.3 Å². The molecule has 0 unspecified atom stereocenters. The summed E-state index contributed by atoms with van der Waals surface area (Å²) >= 11 is 0. The molecule has 6 nitrogen and oxygen atoms in total. The summed E-state index contributed by atoms with van der Waals surface area (Å²) in [5.74, 6) is -1.06. The molecule has 2 rings (SSSR count). The lowest BCUT2D eigenvalue weighted by Gasteiger charge is -2.18. The van der Waals surface area contributed by atoms with Crippen LogP contribution >= 0.6 is 0 Å². The summed E-state index contributed by atoms with van der Waals surface area (Å²) in [6, 6.07) is 9.25. The molecule has 1 heterocycles. The average molecular weight is 302 g/mol. The number of hydrogen-bond acceptors (Lipinski definition) is 4. The quantitative estimate of drug-likeness (QED) is 0.886. The Morgan fingerprint density at radius 1 is 1.27 bits per heavy atom. The van der Waals surface area contributed by atoms with Crippen LogP contribution in [0.4, 0.5) is 0 Å². The fraction of sp³-hybridized carbons (Fsp3) is 0.312. The molecule has 0 aliphatic rings. The SMILES string of the molecule is CCCN(CC(=O)O)C(=O)c1oc(-c2ccccc2)nc1C. The van der Waals surface area contributed by atoms with Gasteiger partial charge in [0.1, 0.15) is 6.54 Å². The fourth-order valence-corrected chi connectivity index (χ4v) is 2.13. The highest BCUT2D eigenvalue weighted by molar-refractivity contribution is 5.94. The number of carboxylic acid groups (broad SMARTS) is 1. The normalized spacial score (nSPS) is 10.5. The van der Waals surface area contributed by atoms with Crippen molar-refractivity contribution in [2.75, 3.05) is 13.1 Å². The lowest BCUT2D eigenvalue weighted by atomic mass is 10.2. The molecule has 22 heavy (non-hydrogen) atoms. The van der Waals surface area contributed by atoms with Gasteiger partial charge < -0.3 is 14.4 Å². The van der Waals surface area contributed by atoms with E-state index >= 15 is 0 Å². The van der Waals surface area contributed by atoms with Gasteiger partial charge in [-0.1, -0.05) is 25.1 Å². The zero-order chi connectivity index (χ0) is 16.1. The van der Waals surface area contributed by atoms with Crippen LogP contribution in [0, 0.1) is 6.92 Å². The number of carbonyl (C=O) groups is 2. The van der Waals surface area contributed by atoms with E-state index in [0.29, 0.717) is 24.6 Å². The van der Waals surface area contributed by atoms with E-state index in [2.05, 4.69) is 4.98 Å². The van der Waals surface area contributed by atoms with Gasteiger partial charge in [0.05, 0.1) is 5.69 Å². The highest BCUT2D eigenvalue weighted by Crippen LogP contribution is 2.22. The molecule has 0 aliphatic carbocycles. The van der Waals surface area contributed by atoms with Crippen LogP contribution < -0.4 is 0 Å². The van der Waals surface area contributed by atoms with Crippen molar-refractivity contribution in [3.05, 3.63) is 41.8 Å². The maximum Gasteiger partial charge on any atom is 0.323 e. The van der Waals surface area contributed by atoms with Gasteiger partial charge in [0, 0.05) is 12.1 Å². The molecule has 6 heteroatoms. The second-order valence-electron chi connectivity index (χ2n) is 4.92. The lowest BCUT2D eigenvalue weighted by molar-refractivity contribution is -0.137. The lowest BCUT2D eigenvalue weighted by Crippen LogP contribution is -2.36. The predicted octanol–water partition coefficient (Wildman–Crippen LogP) is 2.59. The molecule has 0 saturated heterocycles. The summed E-state index contributed by atoms with van der Waals surface area (Å²) in [5.41, 5.74) is 1.22. The zero-order valence-electron chi connectivity index (χ0n) is 12.6. The molecule has 0 radical (unpaired) electrons. The Labute approximate surface area is 128 Å². The van der Waals surface area contributed by atoms with E-state index in [9.17, 15) is 9.59 Å². The van der Waals surface area contributed by atoms with E-state index in [1.165, 1.54) is 4.90 Å². The number of carboxylic acids is 1. The smallest absolute Gasteiger partial charge is 0.323 e. The van der Waals surface area contributed by atoms with Gasteiger partial charge in [0.15, 0.2) is 0 Å². The summed E-state index contributed by atoms with van der Waals surface area (Å²) in [5, 5.41) is 8.92. The van der Waals surface area contributed by atoms with Crippen molar-refractivity contribution in [1.82, 2.24) is 9.88 Å². The molecule has 0 bridgehead atoms. The van der Waals surface area contributed by atoms with Crippen LogP contribution in [-0.4, -0.2) is 40.0 Å². The first-order chi connectivity index (χ1) is 10.5. The maximum atomic E-state index is 12.5. The highest BCUT2D eigenvalue weighted by atomic mass is 16.4. The van der Waals surface area contributed by atoms with Gasteiger partial charge in [-0.2, -0.15) is 0 Å². The number of oxazole rings is 1. The van der Waals surface area contributed by atoms with Gasteiger partial charge in [-0.15, -0.1) is 0 Å². The van der Waals surface area contributed by atoms with E-state index in [0.717, 1.165) is 5.56 Å². The first-order valence-electron chi connectivity index (χ1n) is 7.06. The fourth-order valence-electron chi connectivity index (χ4n) is 2.13. The third-order valence-electron chi connectivity index (χ3n) is 3.12. The highest BCUT2D eigenvalue weighted by Gasteiger charge is 2.24. The van der Waals surface area contributed by atoms with Crippen molar-refractivity contribution in [2.24, 2.45) is 0 Å². The average Bonchev–Trinajstić information content (AvgIpc) is 2.88. The Hall–Kier alpha value is -2.63. The first kappa shape index (κ1) is 15.8. The number of hydrogen-bond donors (Lipinski definition) is 1. The van der Waals surface area contributed by atoms with Gasteiger partial charge in [-0.3, -0.25) is 9.59 Å². The zero-order valence-corrected chi connectivity index (χ0v) is 12.6. The number of carbonyl (C=O) groups excluding carboxylic acids is 1. The third-order valence-corrected chi connectivity index (χ3v) is 3.12. The number of rotatable bonds is 6. The van der Waals surface area contributed by atoms with Crippen LogP contribution in [0.25, 0.3) is 11.5 Å². The predicted molar refractivity (Wildman–Crippen MR) is 80.5 cm³/mol. The Kier molecular flexibility index (Phi) is 4.93. The van der Waals surface area contributed by atoms with Crippen molar-refractivity contribution in [3.8, 4) is 11.5 Å². The van der Waals surface area contributed by atoms with E-state index in [-0.39, 0.29) is 12.3 Å². The number of aromatic nitrogens is 1. The van der Waals surface area contributed by atoms with Gasteiger partial charge in [-0.25, -0.2) is 4.98 Å². The Balaban J connectivity index is 2.29. The van der Waals surface area contributed by atoms with Crippen LogP contribution in [0.5, 0.6) is 0 Å². The minimum atomic E-state index is -1.05. The van der Waals surface area contributed by atoms with E-state index < -0.39 is 11.9 Å². The van der Waals surface area contributed by atoms with E-state index in [1.807, 2.05) is 37.3 Å². The van der Waals surface area contributed by atoms with Crippen LogP contribution in [0.2, 0.25) is 0 Å². The van der Waals surface area contributed by atoms with Crippen LogP contribution in [0.15, 0.2) is 34.7 Å². The Bertz CT molecular complexity index is 664. The number of amides is 1. The summed E-state index contributed by atoms with van der Waals surface area (Å²) in [7, 11) is 0. The molecule has 1 N–H and O–H groups in total. The minimum absolute atomic E-state index is 0.0913. The van der Waals surface area contributed by atoms with Crippen molar-refractivity contribution in [3.63, 3.8) is 0 Å². The summed E-state index contributed by atoms with van der Waals surface area (Å²) < 4.78 is 5.58. The van der Waals surface area contributed by atoms with Crippen molar-refractivity contribution >= 4 is 11.9 Å². The molecule has 0 spiro atoms. The van der Waals surface area contributed by atoms with Gasteiger partial charge >= 0.3 is 5.97 Å². The van der Waals surface area contributed by atoms with Crippen LogP contribution in [0.3, 0.4) is 0 Å². The molecule has 0 aliphatic heterocycles. The monoisotopic (exact) mass is 302 g/mol. The minimum Gasteiger partial charge on any atom is -0.480 e. The van der Waals surface area contributed by atoms with Gasteiger partial charge in [-0.05, 0) is 25.5 Å². The van der Waals surface area contributed by atoms with Gasteiger partial charge in [0.25, 0.3) is 5.91 Å². The summed E-state index contributed by atoms with van der Waals surface area (Å²) in [4.78, 5) is 28.9. The Morgan fingerprint density at radius 3 is 2.55 bits per heavy atom. The third kappa shape index (κ3) is 3.52. The number of benzene rings is 1. The largest absolute Gasteiger partial charge is 0.480 e. The molecule has 0 atom stereocenters. The number of aryl methyl sites for hydroxylation is 1. The molecule has 1 aromatic heterocycles. The number of aliphatic carboxylic acids is 1. The second kappa shape index (κ2) is 6.89. The molecule has 1 amide bonds. The molecule has 116 valence electrons. The van der Waals surface area contributed by atoms with E-state index in [4.69, 9.17) is 9.52 Å². The Morgan fingerprint density at radius 2 is 1.95 bits per heavy atom. The van der Waals surface area contributed by atoms with Crippen LogP contribution in [0.1, 0.15) is 29.6 Å². The van der Waals surface area contributed by atoms with Crippen molar-refractivity contribution < 1.29 is 19.1 Å². The van der Waals surface area contributed by atoms with Crippen molar-refractivity contribution in [1.29, 1.82) is 0 Å². The van der Waals surface area contributed by atoms with Gasteiger partial charge in [0.2, 0.25) is 11.7 Å². The van der Waals surface area contributed by atoms with Crippen LogP contribution in [-0.2, 0) is 4.79 Å². The molecule has 0 saturated carbocycles. The first-order valence-corrected chi connectivity index (χ1v) is 7.06. The number of nitrogens with zero attached hydrogens (tertiary/aromatic N) is 2. The molecule has 2 aromatic rings.